The van der Waals surface area contributed by atoms with E-state index in [2.05, 4.69) is 0 Å². The third-order valence-electron chi connectivity index (χ3n) is 1.88. The molecule has 0 aliphatic rings. The highest BCUT2D eigenvalue weighted by molar-refractivity contribution is 5.85. The average molecular weight is 240 g/mol. The fourth-order valence-electron chi connectivity index (χ4n) is 1.22. The van der Waals surface area contributed by atoms with Crippen molar-refractivity contribution < 1.29 is 13.2 Å². The van der Waals surface area contributed by atoms with Crippen molar-refractivity contribution in [1.29, 1.82) is 0 Å². The second-order valence-corrected chi connectivity index (χ2v) is 3.33. The number of benzene rings is 1. The van der Waals surface area contributed by atoms with E-state index < -0.39 is 12.6 Å². The Kier molecular flexibility index (Phi) is 5.11. The molecule has 86 valence electrons. The van der Waals surface area contributed by atoms with Crippen LogP contribution in [-0.2, 0) is 6.42 Å². The Morgan fingerprint density at radius 3 is 2.40 bits per heavy atom. The normalized spacial score (nSPS) is 13.1. The van der Waals surface area contributed by atoms with Crippen LogP contribution in [0.4, 0.5) is 13.2 Å². The van der Waals surface area contributed by atoms with Gasteiger partial charge in [-0.2, -0.15) is 13.2 Å². The summed E-state index contributed by atoms with van der Waals surface area (Å²) in [5.41, 5.74) is 6.55. The van der Waals surface area contributed by atoms with E-state index in [0.29, 0.717) is 0 Å². The van der Waals surface area contributed by atoms with Crippen molar-refractivity contribution in [2.45, 2.75) is 25.6 Å². The molecule has 2 N–H and O–H groups in total. The van der Waals surface area contributed by atoms with Crippen LogP contribution < -0.4 is 5.73 Å². The number of halogens is 4. The SMILES string of the molecule is C[C@@H](N)c1cccc(CC(F)(F)F)c1.Cl. The van der Waals surface area contributed by atoms with E-state index in [1.165, 1.54) is 12.1 Å². The highest BCUT2D eigenvalue weighted by atomic mass is 35.5. The summed E-state index contributed by atoms with van der Waals surface area (Å²) in [6, 6.07) is 6.05. The molecule has 0 bridgehead atoms. The predicted molar refractivity (Wildman–Crippen MR) is 56.1 cm³/mol. The van der Waals surface area contributed by atoms with Crippen LogP contribution in [0.2, 0.25) is 0 Å². The van der Waals surface area contributed by atoms with Gasteiger partial charge in [-0.3, -0.25) is 0 Å². The molecule has 0 spiro atoms. The molecule has 1 atom stereocenters. The average Bonchev–Trinajstić information content (AvgIpc) is 2.01. The molecule has 0 radical (unpaired) electrons. The lowest BCUT2D eigenvalue weighted by atomic mass is 10.0. The summed E-state index contributed by atoms with van der Waals surface area (Å²) in [6.07, 6.45) is -5.05. The van der Waals surface area contributed by atoms with Crippen molar-refractivity contribution in [3.63, 3.8) is 0 Å². The van der Waals surface area contributed by atoms with Gasteiger partial charge in [0.25, 0.3) is 0 Å². The number of hydrogen-bond acceptors (Lipinski definition) is 1. The molecule has 1 rings (SSSR count). The van der Waals surface area contributed by atoms with Gasteiger partial charge >= 0.3 is 6.18 Å². The zero-order valence-electron chi connectivity index (χ0n) is 8.21. The van der Waals surface area contributed by atoms with E-state index in [9.17, 15) is 13.2 Å². The van der Waals surface area contributed by atoms with E-state index in [4.69, 9.17) is 5.73 Å². The van der Waals surface area contributed by atoms with Crippen LogP contribution in [0, 0.1) is 0 Å². The van der Waals surface area contributed by atoms with Gasteiger partial charge in [-0.05, 0) is 18.1 Å². The molecule has 5 heteroatoms. The first-order valence-electron chi connectivity index (χ1n) is 4.29. The number of rotatable bonds is 2. The zero-order valence-corrected chi connectivity index (χ0v) is 9.03. The molecule has 1 aromatic rings. The standard InChI is InChI=1S/C10H12F3N.ClH/c1-7(14)9-4-2-3-8(5-9)6-10(11,12)13;/h2-5,7H,6,14H2,1H3;1H/t7-;/m1./s1. The summed E-state index contributed by atoms with van der Waals surface area (Å²) in [4.78, 5) is 0. The Bertz CT molecular complexity index is 310. The van der Waals surface area contributed by atoms with Gasteiger partial charge in [0.2, 0.25) is 0 Å². The van der Waals surface area contributed by atoms with E-state index in [1.807, 2.05) is 0 Å². The zero-order chi connectivity index (χ0) is 10.8. The Hall–Kier alpha value is -0.740. The molecule has 0 saturated carbocycles. The molecular formula is C10H13ClF3N. The maximum absolute atomic E-state index is 12.0. The second-order valence-electron chi connectivity index (χ2n) is 3.33. The lowest BCUT2D eigenvalue weighted by Crippen LogP contribution is -2.12. The van der Waals surface area contributed by atoms with Gasteiger partial charge < -0.3 is 5.73 Å². The third-order valence-corrected chi connectivity index (χ3v) is 1.88. The first-order chi connectivity index (χ1) is 6.38. The fraction of sp³-hybridized carbons (Fsp3) is 0.400. The molecule has 0 unspecified atom stereocenters. The maximum atomic E-state index is 12.0. The van der Waals surface area contributed by atoms with Crippen LogP contribution in [0.3, 0.4) is 0 Å². The fourth-order valence-corrected chi connectivity index (χ4v) is 1.22. The Balaban J connectivity index is 0.00000196. The lowest BCUT2D eigenvalue weighted by molar-refractivity contribution is -0.127. The first kappa shape index (κ1) is 14.3. The molecule has 1 aromatic carbocycles. The van der Waals surface area contributed by atoms with Gasteiger partial charge in [-0.25, -0.2) is 0 Å². The summed E-state index contributed by atoms with van der Waals surface area (Å²) in [7, 11) is 0. The van der Waals surface area contributed by atoms with Crippen LogP contribution >= 0.6 is 12.4 Å². The minimum Gasteiger partial charge on any atom is -0.324 e. The monoisotopic (exact) mass is 239 g/mol. The molecule has 0 amide bonds. The molecule has 1 nitrogen and oxygen atoms in total. The summed E-state index contributed by atoms with van der Waals surface area (Å²) in [5, 5.41) is 0. The van der Waals surface area contributed by atoms with Crippen LogP contribution in [0.1, 0.15) is 24.1 Å². The minimum absolute atomic E-state index is 0. The Labute approximate surface area is 92.9 Å². The molecule has 0 aliphatic heterocycles. The molecule has 0 aromatic heterocycles. The van der Waals surface area contributed by atoms with Crippen molar-refractivity contribution in [3.05, 3.63) is 35.4 Å². The summed E-state index contributed by atoms with van der Waals surface area (Å²) in [6.45, 7) is 1.74. The smallest absolute Gasteiger partial charge is 0.324 e. The molecule has 15 heavy (non-hydrogen) atoms. The molecule has 0 heterocycles. The maximum Gasteiger partial charge on any atom is 0.393 e. The second kappa shape index (κ2) is 5.37. The van der Waals surface area contributed by atoms with Crippen molar-refractivity contribution in [3.8, 4) is 0 Å². The van der Waals surface area contributed by atoms with Gasteiger partial charge in [0.05, 0.1) is 6.42 Å². The number of hydrogen-bond donors (Lipinski definition) is 1. The summed E-state index contributed by atoms with van der Waals surface area (Å²) < 4.78 is 36.1. The highest BCUT2D eigenvalue weighted by Crippen LogP contribution is 2.22. The van der Waals surface area contributed by atoms with Gasteiger partial charge in [-0.1, -0.05) is 24.3 Å². The van der Waals surface area contributed by atoms with Crippen molar-refractivity contribution >= 4 is 12.4 Å². The number of nitrogens with two attached hydrogens (primary N) is 1. The van der Waals surface area contributed by atoms with Crippen LogP contribution in [-0.4, -0.2) is 6.18 Å². The lowest BCUT2D eigenvalue weighted by Gasteiger charge is -2.09. The molecule has 0 fully saturated rings. The number of alkyl halides is 3. The van der Waals surface area contributed by atoms with Gasteiger partial charge in [-0.15, -0.1) is 12.4 Å². The van der Waals surface area contributed by atoms with E-state index in [1.54, 1.807) is 19.1 Å². The predicted octanol–water partition coefficient (Wildman–Crippen LogP) is 3.23. The minimum atomic E-state index is -4.16. The molecule has 0 aliphatic carbocycles. The van der Waals surface area contributed by atoms with Crippen molar-refractivity contribution in [2.24, 2.45) is 5.73 Å². The van der Waals surface area contributed by atoms with Crippen LogP contribution in [0.25, 0.3) is 0 Å². The quantitative estimate of drug-likeness (QED) is 0.843. The molecular weight excluding hydrogens is 227 g/mol. The third kappa shape index (κ3) is 5.04. The van der Waals surface area contributed by atoms with Gasteiger partial charge in [0, 0.05) is 6.04 Å². The molecule has 0 saturated heterocycles. The van der Waals surface area contributed by atoms with Gasteiger partial charge in [0.15, 0.2) is 0 Å². The van der Waals surface area contributed by atoms with Crippen molar-refractivity contribution in [2.75, 3.05) is 0 Å². The van der Waals surface area contributed by atoms with Crippen molar-refractivity contribution in [1.82, 2.24) is 0 Å². The van der Waals surface area contributed by atoms with E-state index in [0.717, 1.165) is 5.56 Å². The topological polar surface area (TPSA) is 26.0 Å². The summed E-state index contributed by atoms with van der Waals surface area (Å²) >= 11 is 0. The van der Waals surface area contributed by atoms with E-state index >= 15 is 0 Å². The Morgan fingerprint density at radius 1 is 1.33 bits per heavy atom. The van der Waals surface area contributed by atoms with E-state index in [-0.39, 0.29) is 24.0 Å². The van der Waals surface area contributed by atoms with Gasteiger partial charge in [0.1, 0.15) is 0 Å². The van der Waals surface area contributed by atoms with Crippen LogP contribution in [0.5, 0.6) is 0 Å². The summed E-state index contributed by atoms with van der Waals surface area (Å²) in [5.74, 6) is 0. The Morgan fingerprint density at radius 2 is 1.93 bits per heavy atom. The van der Waals surface area contributed by atoms with Crippen LogP contribution in [0.15, 0.2) is 24.3 Å². The largest absolute Gasteiger partial charge is 0.393 e. The highest BCUT2D eigenvalue weighted by Gasteiger charge is 2.27. The first-order valence-corrected chi connectivity index (χ1v) is 4.29.